The van der Waals surface area contributed by atoms with Gasteiger partial charge in [0.05, 0.1) is 0 Å². The van der Waals surface area contributed by atoms with E-state index >= 15 is 0 Å². The van der Waals surface area contributed by atoms with Crippen LogP contribution in [-0.4, -0.2) is 0 Å². The van der Waals surface area contributed by atoms with Crippen LogP contribution >= 0.6 is 0 Å². The van der Waals surface area contributed by atoms with Gasteiger partial charge >= 0.3 is 0 Å². The molecule has 0 fully saturated rings. The first-order valence-electron chi connectivity index (χ1n) is 15.9. The number of hydrogen-bond acceptors (Lipinski definition) is 2. The van der Waals surface area contributed by atoms with Crippen molar-refractivity contribution >= 4 is 91.1 Å². The van der Waals surface area contributed by atoms with Gasteiger partial charge in [0.15, 0.2) is 0 Å². The lowest BCUT2D eigenvalue weighted by Gasteiger charge is -2.23. The van der Waals surface area contributed by atoms with Crippen molar-refractivity contribution in [3.63, 3.8) is 0 Å². The summed E-state index contributed by atoms with van der Waals surface area (Å²) in [5, 5.41) is 6.28. The zero-order valence-corrected chi connectivity index (χ0v) is 26.6. The van der Waals surface area contributed by atoms with Crippen molar-refractivity contribution in [3.05, 3.63) is 158 Å². The van der Waals surface area contributed by atoms with Crippen molar-refractivity contribution in [3.8, 4) is 22.3 Å². The molecule has 0 spiro atoms. The summed E-state index contributed by atoms with van der Waals surface area (Å²) < 4.78 is 12.8. The van der Waals surface area contributed by atoms with E-state index in [1.54, 1.807) is 0 Å². The lowest BCUT2D eigenvalue weighted by atomic mass is 9.80. The molecule has 0 radical (unpaired) electrons. The van der Waals surface area contributed by atoms with Gasteiger partial charge in [-0.2, -0.15) is 0 Å². The zero-order valence-electron chi connectivity index (χ0n) is 26.6. The van der Waals surface area contributed by atoms with Crippen LogP contribution in [0.2, 0.25) is 0 Å². The fraction of sp³-hybridized carbons (Fsp3) is 0. The van der Waals surface area contributed by atoms with E-state index in [0.717, 1.165) is 110 Å². The molecule has 48 heavy (non-hydrogen) atoms. The van der Waals surface area contributed by atoms with Crippen molar-refractivity contribution in [1.82, 2.24) is 0 Å². The number of furan rings is 2. The molecule has 6 aromatic carbocycles. The van der Waals surface area contributed by atoms with Crippen molar-refractivity contribution in [2.45, 2.75) is 0 Å². The van der Waals surface area contributed by atoms with Gasteiger partial charge in [-0.05, 0) is 84.6 Å². The Hall–Kier alpha value is -6.38. The highest BCUT2D eigenvalue weighted by atomic mass is 16.3. The second-order valence-electron chi connectivity index (χ2n) is 11.8. The van der Waals surface area contributed by atoms with Crippen LogP contribution in [0.4, 0.5) is 0 Å². The Morgan fingerprint density at radius 3 is 1.60 bits per heavy atom. The SMILES string of the molecule is C=Cc1cccc(-c2c(C=C)c(C=C)c(-c3cc4oc5cc6oc7ccccc7c6cc5c4c(C=C)c3C=C)c3ccccc23)c1C=C. The molecular formula is C46H32O2. The summed E-state index contributed by atoms with van der Waals surface area (Å²) in [4.78, 5) is 0. The number of fused-ring (bicyclic) bond motifs is 7. The molecule has 2 nitrogen and oxygen atoms in total. The third kappa shape index (κ3) is 4.00. The van der Waals surface area contributed by atoms with E-state index in [0.29, 0.717) is 0 Å². The highest BCUT2D eigenvalue weighted by Gasteiger charge is 2.25. The molecule has 0 aliphatic carbocycles. The molecule has 0 saturated carbocycles. The minimum absolute atomic E-state index is 0.752. The van der Waals surface area contributed by atoms with Gasteiger partial charge in [-0.1, -0.05) is 137 Å². The Bertz CT molecular complexity index is 2720. The minimum Gasteiger partial charge on any atom is -0.456 e. The molecule has 2 heteroatoms. The maximum Gasteiger partial charge on any atom is 0.139 e. The van der Waals surface area contributed by atoms with Gasteiger partial charge in [0.1, 0.15) is 22.3 Å². The fourth-order valence-corrected chi connectivity index (χ4v) is 7.53. The van der Waals surface area contributed by atoms with E-state index in [2.05, 4.69) is 100 Å². The van der Waals surface area contributed by atoms with Crippen molar-refractivity contribution in [2.24, 2.45) is 0 Å². The van der Waals surface area contributed by atoms with Crippen molar-refractivity contribution in [1.29, 1.82) is 0 Å². The highest BCUT2D eigenvalue weighted by Crippen LogP contribution is 2.48. The third-order valence-electron chi connectivity index (χ3n) is 9.55. The molecule has 0 atom stereocenters. The lowest BCUT2D eigenvalue weighted by molar-refractivity contribution is 0.656. The number of benzene rings is 6. The van der Waals surface area contributed by atoms with Crippen LogP contribution in [0, 0.1) is 0 Å². The van der Waals surface area contributed by atoms with Crippen LogP contribution in [0.3, 0.4) is 0 Å². The van der Waals surface area contributed by atoms with Crippen molar-refractivity contribution < 1.29 is 8.83 Å². The predicted octanol–water partition coefficient (Wildman–Crippen LogP) is 13.8. The van der Waals surface area contributed by atoms with Gasteiger partial charge in [-0.25, -0.2) is 0 Å². The van der Waals surface area contributed by atoms with Crippen LogP contribution in [-0.2, 0) is 0 Å². The Balaban J connectivity index is 1.51. The fourth-order valence-electron chi connectivity index (χ4n) is 7.53. The van der Waals surface area contributed by atoms with Crippen LogP contribution in [0.5, 0.6) is 0 Å². The standard InChI is InChI=1S/C46H32O2/c1-7-27-18-17-22-34(28(27)8-2)44-31(11-5)32(12-6)45(36-21-14-13-20-35(36)44)38-25-43-46(30(10-4)29(38)9-3)39-24-37-33-19-15-16-23-40(33)47-41(37)26-42(39)48-43/h7-26H,1-6H2. The van der Waals surface area contributed by atoms with Crippen LogP contribution in [0.15, 0.2) is 133 Å². The molecule has 0 N–H and O–H groups in total. The number of rotatable bonds is 8. The second-order valence-corrected chi connectivity index (χ2v) is 11.8. The normalized spacial score (nSPS) is 11.4. The summed E-state index contributed by atoms with van der Waals surface area (Å²) in [6, 6.07) is 29.1. The molecule has 228 valence electrons. The summed E-state index contributed by atoms with van der Waals surface area (Å²) in [6.45, 7) is 25.4. The van der Waals surface area contributed by atoms with Crippen LogP contribution in [0.25, 0.3) is 113 Å². The Kier molecular flexibility index (Phi) is 6.75. The van der Waals surface area contributed by atoms with Gasteiger partial charge in [-0.15, -0.1) is 0 Å². The molecule has 0 aliphatic rings. The molecule has 0 saturated heterocycles. The minimum atomic E-state index is 0.752. The Labute approximate surface area is 279 Å². The zero-order chi connectivity index (χ0) is 33.1. The molecule has 8 aromatic rings. The monoisotopic (exact) mass is 616 g/mol. The summed E-state index contributed by atoms with van der Waals surface area (Å²) in [7, 11) is 0. The maximum atomic E-state index is 6.64. The predicted molar refractivity (Wildman–Crippen MR) is 210 cm³/mol. The van der Waals surface area contributed by atoms with E-state index in [-0.39, 0.29) is 0 Å². The summed E-state index contributed by atoms with van der Waals surface area (Å²) in [5.41, 5.74) is 13.2. The smallest absolute Gasteiger partial charge is 0.139 e. The molecule has 0 bridgehead atoms. The van der Waals surface area contributed by atoms with Gasteiger partial charge in [0.2, 0.25) is 0 Å². The van der Waals surface area contributed by atoms with Gasteiger partial charge < -0.3 is 8.83 Å². The van der Waals surface area contributed by atoms with E-state index in [1.165, 1.54) is 0 Å². The average molecular weight is 617 g/mol. The van der Waals surface area contributed by atoms with E-state index in [4.69, 9.17) is 8.83 Å². The average Bonchev–Trinajstić information content (AvgIpc) is 3.68. The first-order valence-corrected chi connectivity index (χ1v) is 15.9. The van der Waals surface area contributed by atoms with E-state index < -0.39 is 0 Å². The first-order chi connectivity index (χ1) is 23.6. The van der Waals surface area contributed by atoms with Gasteiger partial charge in [0, 0.05) is 27.6 Å². The maximum absolute atomic E-state index is 6.64. The van der Waals surface area contributed by atoms with Crippen LogP contribution in [0.1, 0.15) is 33.4 Å². The quantitative estimate of drug-likeness (QED) is 0.170. The Morgan fingerprint density at radius 2 is 0.958 bits per heavy atom. The molecule has 8 rings (SSSR count). The van der Waals surface area contributed by atoms with Gasteiger partial charge in [-0.3, -0.25) is 0 Å². The summed E-state index contributed by atoms with van der Waals surface area (Å²) in [5.74, 6) is 0. The summed E-state index contributed by atoms with van der Waals surface area (Å²) in [6.07, 6.45) is 11.5. The van der Waals surface area contributed by atoms with E-state index in [9.17, 15) is 0 Å². The largest absolute Gasteiger partial charge is 0.456 e. The van der Waals surface area contributed by atoms with Gasteiger partial charge in [0.25, 0.3) is 0 Å². The van der Waals surface area contributed by atoms with E-state index in [1.807, 2.05) is 60.7 Å². The summed E-state index contributed by atoms with van der Waals surface area (Å²) >= 11 is 0. The molecule has 0 unspecified atom stereocenters. The molecule has 0 aliphatic heterocycles. The number of para-hydroxylation sites is 1. The molecule has 2 aromatic heterocycles. The highest BCUT2D eigenvalue weighted by molar-refractivity contribution is 6.20. The molecule has 0 amide bonds. The molecule has 2 heterocycles. The first kappa shape index (κ1) is 29.1. The topological polar surface area (TPSA) is 26.3 Å². The number of hydrogen-bond donors (Lipinski definition) is 0. The van der Waals surface area contributed by atoms with Crippen molar-refractivity contribution in [2.75, 3.05) is 0 Å². The lowest BCUT2D eigenvalue weighted by Crippen LogP contribution is -1.99. The Morgan fingerprint density at radius 1 is 0.375 bits per heavy atom. The third-order valence-corrected chi connectivity index (χ3v) is 9.55. The second kappa shape index (κ2) is 11.2. The molecular weight excluding hydrogens is 585 g/mol. The van der Waals surface area contributed by atoms with Crippen LogP contribution < -0.4 is 0 Å².